The van der Waals surface area contributed by atoms with Gasteiger partial charge < -0.3 is 10.6 Å². The van der Waals surface area contributed by atoms with E-state index in [1.165, 1.54) is 17.0 Å². The number of Topliss-reactive ketones (excluding diaryl/α,β-unsaturated/α-hetero) is 1. The molecule has 1 aliphatic rings. The molecule has 0 atom stereocenters. The Balaban J connectivity index is 2.05. The second-order valence-corrected chi connectivity index (χ2v) is 6.49. The second kappa shape index (κ2) is 5.70. The molecule has 7 nitrogen and oxygen atoms in total. The summed E-state index contributed by atoms with van der Waals surface area (Å²) in [5.74, 6) is -0.524. The van der Waals surface area contributed by atoms with Gasteiger partial charge in [0.1, 0.15) is 5.69 Å². The van der Waals surface area contributed by atoms with Gasteiger partial charge in [-0.3, -0.25) is 19.7 Å². The molecule has 7 heteroatoms. The predicted molar refractivity (Wildman–Crippen MR) is 93.7 cm³/mol. The number of nitro groups is 1. The Morgan fingerprint density at radius 2 is 1.88 bits per heavy atom. The first kappa shape index (κ1) is 16.6. The quantitative estimate of drug-likeness (QED) is 0.399. The standard InChI is InChI=1S/C18H17N3O4/c1-18(2)12-8-13(19)15(21(24)25)9-14(12)20(17(18)23)10-16(22)11-6-4-3-5-7-11/h3-9H,10,19H2,1-2H3. The number of hydrogen-bond donors (Lipinski definition) is 1. The lowest BCUT2D eigenvalue weighted by atomic mass is 9.86. The summed E-state index contributed by atoms with van der Waals surface area (Å²) in [6, 6.07) is 11.3. The Bertz CT molecular complexity index is 891. The van der Waals surface area contributed by atoms with Crippen molar-refractivity contribution in [1.82, 2.24) is 0 Å². The number of carbonyl (C=O) groups excluding carboxylic acids is 2. The van der Waals surface area contributed by atoms with Gasteiger partial charge >= 0.3 is 0 Å². The Morgan fingerprint density at radius 1 is 1.24 bits per heavy atom. The number of nitrogens with zero attached hydrogens (tertiary/aromatic N) is 2. The van der Waals surface area contributed by atoms with Crippen LogP contribution in [0, 0.1) is 10.1 Å². The molecule has 0 saturated carbocycles. The molecule has 2 aromatic rings. The van der Waals surface area contributed by atoms with Crippen LogP contribution in [0.4, 0.5) is 17.1 Å². The van der Waals surface area contributed by atoms with E-state index in [9.17, 15) is 19.7 Å². The Labute approximate surface area is 144 Å². The van der Waals surface area contributed by atoms with Gasteiger partial charge in [-0.1, -0.05) is 30.3 Å². The summed E-state index contributed by atoms with van der Waals surface area (Å²) in [7, 11) is 0. The van der Waals surface area contributed by atoms with Crippen LogP contribution in [0.25, 0.3) is 0 Å². The molecule has 0 saturated heterocycles. The largest absolute Gasteiger partial charge is 0.393 e. The van der Waals surface area contributed by atoms with Crippen LogP contribution in [0.5, 0.6) is 0 Å². The van der Waals surface area contributed by atoms with E-state index < -0.39 is 10.3 Å². The molecule has 2 N–H and O–H groups in total. The lowest BCUT2D eigenvalue weighted by molar-refractivity contribution is -0.383. The molecule has 2 aromatic carbocycles. The summed E-state index contributed by atoms with van der Waals surface area (Å²) in [4.78, 5) is 37.2. The number of nitro benzene ring substituents is 1. The zero-order chi connectivity index (χ0) is 18.4. The van der Waals surface area contributed by atoms with E-state index in [2.05, 4.69) is 0 Å². The summed E-state index contributed by atoms with van der Waals surface area (Å²) in [5, 5.41) is 11.2. The van der Waals surface area contributed by atoms with Crippen LogP contribution in [0.2, 0.25) is 0 Å². The average Bonchev–Trinajstić information content (AvgIpc) is 2.75. The first-order valence-corrected chi connectivity index (χ1v) is 7.72. The molecule has 128 valence electrons. The molecule has 0 aliphatic carbocycles. The first-order valence-electron chi connectivity index (χ1n) is 7.72. The number of amides is 1. The fourth-order valence-electron chi connectivity index (χ4n) is 3.05. The molecular formula is C18H17N3O4. The van der Waals surface area contributed by atoms with E-state index in [0.29, 0.717) is 16.8 Å². The average molecular weight is 339 g/mol. The van der Waals surface area contributed by atoms with Gasteiger partial charge in [-0.15, -0.1) is 0 Å². The van der Waals surface area contributed by atoms with Crippen molar-refractivity contribution in [3.8, 4) is 0 Å². The number of nitrogen functional groups attached to an aromatic ring is 1. The maximum Gasteiger partial charge on any atom is 0.294 e. The summed E-state index contributed by atoms with van der Waals surface area (Å²) in [6.45, 7) is 3.25. The molecule has 25 heavy (non-hydrogen) atoms. The van der Waals surface area contributed by atoms with Crippen LogP contribution in [0.1, 0.15) is 29.8 Å². The number of hydrogen-bond acceptors (Lipinski definition) is 5. The highest BCUT2D eigenvalue weighted by Gasteiger charge is 2.45. The second-order valence-electron chi connectivity index (χ2n) is 6.49. The van der Waals surface area contributed by atoms with Crippen molar-refractivity contribution in [3.63, 3.8) is 0 Å². The molecule has 1 heterocycles. The third-order valence-electron chi connectivity index (χ3n) is 4.48. The van der Waals surface area contributed by atoms with Crippen molar-refractivity contribution in [3.05, 3.63) is 63.7 Å². The van der Waals surface area contributed by atoms with Crippen LogP contribution in [0.3, 0.4) is 0 Å². The summed E-state index contributed by atoms with van der Waals surface area (Å²) in [5.41, 5.74) is 6.00. The van der Waals surface area contributed by atoms with Crippen molar-refractivity contribution in [2.75, 3.05) is 17.2 Å². The van der Waals surface area contributed by atoms with Crippen molar-refractivity contribution < 1.29 is 14.5 Å². The van der Waals surface area contributed by atoms with Gasteiger partial charge in [0.15, 0.2) is 5.78 Å². The van der Waals surface area contributed by atoms with E-state index in [1.807, 2.05) is 0 Å². The molecule has 0 bridgehead atoms. The van der Waals surface area contributed by atoms with E-state index in [4.69, 9.17) is 5.73 Å². The van der Waals surface area contributed by atoms with E-state index in [0.717, 1.165) is 0 Å². The molecule has 0 radical (unpaired) electrons. The topological polar surface area (TPSA) is 107 Å². The van der Waals surface area contributed by atoms with E-state index in [-0.39, 0.29) is 29.6 Å². The van der Waals surface area contributed by atoms with Crippen LogP contribution >= 0.6 is 0 Å². The van der Waals surface area contributed by atoms with Gasteiger partial charge in [0.25, 0.3) is 5.69 Å². The Kier molecular flexibility index (Phi) is 3.79. The minimum Gasteiger partial charge on any atom is -0.393 e. The molecule has 1 aliphatic heterocycles. The van der Waals surface area contributed by atoms with Crippen LogP contribution in [-0.2, 0) is 10.2 Å². The molecule has 0 spiro atoms. The third kappa shape index (κ3) is 2.63. The van der Waals surface area contributed by atoms with E-state index >= 15 is 0 Å². The number of rotatable bonds is 4. The highest BCUT2D eigenvalue weighted by Crippen LogP contribution is 2.45. The highest BCUT2D eigenvalue weighted by atomic mass is 16.6. The molecule has 0 unspecified atom stereocenters. The highest BCUT2D eigenvalue weighted by molar-refractivity contribution is 6.13. The number of ketones is 1. The first-order chi connectivity index (χ1) is 11.7. The zero-order valence-corrected chi connectivity index (χ0v) is 13.9. The molecule has 0 fully saturated rings. The molecule has 1 amide bonds. The minimum atomic E-state index is -0.907. The smallest absolute Gasteiger partial charge is 0.294 e. The third-order valence-corrected chi connectivity index (χ3v) is 4.48. The van der Waals surface area contributed by atoms with Crippen molar-refractivity contribution in [1.29, 1.82) is 0 Å². The predicted octanol–water partition coefficient (Wildman–Crippen LogP) is 2.68. The fourth-order valence-corrected chi connectivity index (χ4v) is 3.05. The van der Waals surface area contributed by atoms with Gasteiger partial charge in [-0.2, -0.15) is 0 Å². The number of benzene rings is 2. The van der Waals surface area contributed by atoms with Crippen molar-refractivity contribution in [2.24, 2.45) is 0 Å². The van der Waals surface area contributed by atoms with Gasteiger partial charge in [0.2, 0.25) is 5.91 Å². The fraction of sp³-hybridized carbons (Fsp3) is 0.222. The SMILES string of the molecule is CC1(C)C(=O)N(CC(=O)c2ccccc2)c2cc([N+](=O)[O-])c(N)cc21. The van der Waals surface area contributed by atoms with Gasteiger partial charge in [-0.25, -0.2) is 0 Å². The normalized spacial score (nSPS) is 15.1. The summed E-state index contributed by atoms with van der Waals surface area (Å²) in [6.07, 6.45) is 0. The minimum absolute atomic E-state index is 0.000797. The van der Waals surface area contributed by atoms with Crippen LogP contribution < -0.4 is 10.6 Å². The van der Waals surface area contributed by atoms with Gasteiger partial charge in [0.05, 0.1) is 22.6 Å². The Morgan fingerprint density at radius 3 is 2.48 bits per heavy atom. The van der Waals surface area contributed by atoms with Gasteiger partial charge in [-0.05, 0) is 25.5 Å². The lowest BCUT2D eigenvalue weighted by Gasteiger charge is -2.19. The van der Waals surface area contributed by atoms with Gasteiger partial charge in [0, 0.05) is 11.6 Å². The van der Waals surface area contributed by atoms with Crippen LogP contribution in [-0.4, -0.2) is 23.2 Å². The Hall–Kier alpha value is -3.22. The molecule has 3 rings (SSSR count). The molecule has 0 aromatic heterocycles. The van der Waals surface area contributed by atoms with Crippen molar-refractivity contribution >= 4 is 28.8 Å². The monoisotopic (exact) mass is 339 g/mol. The van der Waals surface area contributed by atoms with Crippen LogP contribution in [0.15, 0.2) is 42.5 Å². The zero-order valence-electron chi connectivity index (χ0n) is 13.9. The summed E-state index contributed by atoms with van der Waals surface area (Å²) < 4.78 is 0. The maximum absolute atomic E-state index is 12.8. The number of carbonyl (C=O) groups is 2. The van der Waals surface area contributed by atoms with Crippen molar-refractivity contribution in [2.45, 2.75) is 19.3 Å². The maximum atomic E-state index is 12.8. The number of anilines is 2. The molecular weight excluding hydrogens is 322 g/mol. The number of nitrogens with two attached hydrogens (primary N) is 1. The summed E-state index contributed by atoms with van der Waals surface area (Å²) >= 11 is 0. The lowest BCUT2D eigenvalue weighted by Crippen LogP contribution is -2.39. The van der Waals surface area contributed by atoms with E-state index in [1.54, 1.807) is 44.2 Å². The number of fused-ring (bicyclic) bond motifs is 1.